The maximum Gasteiger partial charge on any atom is 0.267 e. The summed E-state index contributed by atoms with van der Waals surface area (Å²) in [7, 11) is -2.43. The van der Waals surface area contributed by atoms with Crippen molar-refractivity contribution < 1.29 is 22.7 Å². The number of aryl methyl sites for hydroxylation is 2. The zero-order chi connectivity index (χ0) is 23.6. The molecule has 1 heterocycles. The number of para-hydroxylation sites is 1. The molecule has 0 saturated heterocycles. The van der Waals surface area contributed by atoms with Gasteiger partial charge in [0.25, 0.3) is 15.9 Å². The van der Waals surface area contributed by atoms with Gasteiger partial charge in [-0.1, -0.05) is 31.2 Å². The van der Waals surface area contributed by atoms with Gasteiger partial charge in [-0.25, -0.2) is 8.42 Å². The number of sulfonamides is 1. The Bertz CT molecular complexity index is 1270. The summed E-state index contributed by atoms with van der Waals surface area (Å²) in [6.07, 6.45) is -0.264. The summed E-state index contributed by atoms with van der Waals surface area (Å²) < 4.78 is 39.5. The van der Waals surface area contributed by atoms with E-state index in [2.05, 4.69) is 5.32 Å². The van der Waals surface area contributed by atoms with Gasteiger partial charge in [0.2, 0.25) is 0 Å². The van der Waals surface area contributed by atoms with Gasteiger partial charge in [-0.2, -0.15) is 0 Å². The topological polar surface area (TPSA) is 84.9 Å². The molecule has 7 nitrogen and oxygen atoms in total. The van der Waals surface area contributed by atoms with Crippen molar-refractivity contribution in [1.82, 2.24) is 0 Å². The van der Waals surface area contributed by atoms with Crippen LogP contribution in [-0.4, -0.2) is 34.1 Å². The van der Waals surface area contributed by atoms with E-state index in [0.717, 1.165) is 17.5 Å². The van der Waals surface area contributed by atoms with E-state index in [1.165, 1.54) is 23.5 Å². The van der Waals surface area contributed by atoms with Crippen LogP contribution in [0.2, 0.25) is 0 Å². The van der Waals surface area contributed by atoms with E-state index in [-0.39, 0.29) is 11.4 Å². The van der Waals surface area contributed by atoms with Crippen LogP contribution in [0.5, 0.6) is 11.5 Å². The second-order valence-corrected chi connectivity index (χ2v) is 9.65. The number of carbonyl (C=O) groups excluding carboxylic acids is 1. The molecule has 8 heteroatoms. The molecule has 1 aliphatic rings. The first-order valence-corrected chi connectivity index (χ1v) is 12.1. The Kier molecular flexibility index (Phi) is 6.29. The van der Waals surface area contributed by atoms with E-state index in [0.29, 0.717) is 22.9 Å². The van der Waals surface area contributed by atoms with Gasteiger partial charge < -0.3 is 14.8 Å². The van der Waals surface area contributed by atoms with Gasteiger partial charge in [0, 0.05) is 5.69 Å². The van der Waals surface area contributed by atoms with E-state index < -0.39 is 22.0 Å². The highest BCUT2D eigenvalue weighted by Gasteiger charge is 2.37. The smallest absolute Gasteiger partial charge is 0.267 e. The van der Waals surface area contributed by atoms with Crippen molar-refractivity contribution in [2.75, 3.05) is 23.3 Å². The monoisotopic (exact) mass is 466 g/mol. The van der Waals surface area contributed by atoms with Crippen molar-refractivity contribution in [3.05, 3.63) is 77.9 Å². The molecule has 0 bridgehead atoms. The molecular weight excluding hydrogens is 440 g/mol. The van der Waals surface area contributed by atoms with Crippen molar-refractivity contribution in [3.63, 3.8) is 0 Å². The molecule has 1 aliphatic heterocycles. The number of nitrogens with zero attached hydrogens (tertiary/aromatic N) is 1. The molecule has 1 N–H and O–H groups in total. The Morgan fingerprint density at radius 1 is 1.12 bits per heavy atom. The second kappa shape index (κ2) is 9.15. The maximum absolute atomic E-state index is 13.6. The molecule has 3 aromatic carbocycles. The van der Waals surface area contributed by atoms with Crippen molar-refractivity contribution in [3.8, 4) is 11.5 Å². The lowest BCUT2D eigenvalue weighted by atomic mass is 10.1. The Balaban J connectivity index is 1.69. The molecular formula is C25H26N2O5S. The van der Waals surface area contributed by atoms with E-state index in [1.807, 2.05) is 44.2 Å². The molecule has 3 aromatic rings. The minimum Gasteiger partial charge on any atom is -0.497 e. The maximum atomic E-state index is 13.6. The van der Waals surface area contributed by atoms with Gasteiger partial charge in [0.15, 0.2) is 6.10 Å². The van der Waals surface area contributed by atoms with Gasteiger partial charge in [-0.15, -0.1) is 0 Å². The van der Waals surface area contributed by atoms with E-state index >= 15 is 0 Å². The molecule has 0 spiro atoms. The zero-order valence-corrected chi connectivity index (χ0v) is 19.6. The second-order valence-electron chi connectivity index (χ2n) is 7.79. The van der Waals surface area contributed by atoms with Gasteiger partial charge in [0.1, 0.15) is 11.5 Å². The number of ether oxygens (including phenoxy) is 2. The first-order valence-electron chi connectivity index (χ1n) is 10.7. The van der Waals surface area contributed by atoms with Crippen LogP contribution in [0.3, 0.4) is 0 Å². The summed E-state index contributed by atoms with van der Waals surface area (Å²) in [5.74, 6) is 0.499. The fraction of sp³-hybridized carbons (Fsp3) is 0.240. The van der Waals surface area contributed by atoms with Crippen LogP contribution in [0, 0.1) is 6.92 Å². The van der Waals surface area contributed by atoms with Crippen LogP contribution in [-0.2, 0) is 21.2 Å². The first-order chi connectivity index (χ1) is 15.8. The standard InChI is InChI=1S/C25H26N2O5S/c1-4-18-7-5-6-8-21(18)26-25(28)24-16-27(22-14-9-17(2)15-23(22)32-24)33(29,30)20-12-10-19(31-3)11-13-20/h5-15,24H,4,16H2,1-3H3,(H,26,28). The van der Waals surface area contributed by atoms with Gasteiger partial charge in [-0.05, 0) is 66.9 Å². The normalized spacial score (nSPS) is 15.4. The third-order valence-electron chi connectivity index (χ3n) is 5.58. The number of amides is 1. The van der Waals surface area contributed by atoms with Crippen LogP contribution >= 0.6 is 0 Å². The summed E-state index contributed by atoms with van der Waals surface area (Å²) in [4.78, 5) is 13.3. The van der Waals surface area contributed by atoms with Crippen LogP contribution in [0.1, 0.15) is 18.1 Å². The minimum absolute atomic E-state index is 0.104. The van der Waals surface area contributed by atoms with E-state index in [1.54, 1.807) is 24.3 Å². The number of methoxy groups -OCH3 is 1. The summed E-state index contributed by atoms with van der Waals surface area (Å²) in [5.41, 5.74) is 2.97. The number of hydrogen-bond acceptors (Lipinski definition) is 5. The number of rotatable bonds is 6. The minimum atomic E-state index is -3.95. The highest BCUT2D eigenvalue weighted by Crippen LogP contribution is 2.38. The van der Waals surface area contributed by atoms with Crippen molar-refractivity contribution in [1.29, 1.82) is 0 Å². The Hall–Kier alpha value is -3.52. The fourth-order valence-corrected chi connectivity index (χ4v) is 5.24. The third kappa shape index (κ3) is 4.52. The molecule has 0 radical (unpaired) electrons. The Morgan fingerprint density at radius 3 is 2.55 bits per heavy atom. The molecule has 1 unspecified atom stereocenters. The summed E-state index contributed by atoms with van der Waals surface area (Å²) in [5, 5.41) is 2.90. The van der Waals surface area contributed by atoms with Crippen LogP contribution in [0.15, 0.2) is 71.6 Å². The zero-order valence-electron chi connectivity index (χ0n) is 18.7. The van der Waals surface area contributed by atoms with Gasteiger partial charge in [-0.3, -0.25) is 9.10 Å². The SMILES string of the molecule is CCc1ccccc1NC(=O)C1CN(S(=O)(=O)c2ccc(OC)cc2)c2ccc(C)cc2O1. The third-order valence-corrected chi connectivity index (χ3v) is 7.37. The molecule has 1 amide bonds. The Labute approximate surface area is 194 Å². The summed E-state index contributed by atoms with van der Waals surface area (Å²) in [6.45, 7) is 3.74. The average molecular weight is 467 g/mol. The molecule has 0 saturated carbocycles. The number of anilines is 2. The molecule has 0 aliphatic carbocycles. The highest BCUT2D eigenvalue weighted by molar-refractivity contribution is 7.92. The number of benzene rings is 3. The largest absolute Gasteiger partial charge is 0.497 e. The number of fused-ring (bicyclic) bond motifs is 1. The lowest BCUT2D eigenvalue weighted by molar-refractivity contribution is -0.122. The molecule has 33 heavy (non-hydrogen) atoms. The van der Waals surface area contributed by atoms with Crippen molar-refractivity contribution in [2.45, 2.75) is 31.3 Å². The summed E-state index contributed by atoms with van der Waals surface area (Å²) in [6, 6.07) is 18.9. The van der Waals surface area contributed by atoms with Crippen molar-refractivity contribution in [2.24, 2.45) is 0 Å². The number of nitrogens with one attached hydrogen (secondary N) is 1. The molecule has 1 atom stereocenters. The number of carbonyl (C=O) groups is 1. The van der Waals surface area contributed by atoms with Crippen LogP contribution < -0.4 is 19.1 Å². The van der Waals surface area contributed by atoms with Gasteiger partial charge >= 0.3 is 0 Å². The lowest BCUT2D eigenvalue weighted by Crippen LogP contribution is -2.48. The van der Waals surface area contributed by atoms with Crippen LogP contribution in [0.25, 0.3) is 0 Å². The molecule has 0 aromatic heterocycles. The average Bonchev–Trinajstić information content (AvgIpc) is 2.83. The van der Waals surface area contributed by atoms with E-state index in [4.69, 9.17) is 9.47 Å². The molecule has 0 fully saturated rings. The van der Waals surface area contributed by atoms with Gasteiger partial charge in [0.05, 0.1) is 24.2 Å². The molecule has 4 rings (SSSR count). The van der Waals surface area contributed by atoms with E-state index in [9.17, 15) is 13.2 Å². The summed E-state index contributed by atoms with van der Waals surface area (Å²) >= 11 is 0. The first kappa shape index (κ1) is 22.7. The fourth-order valence-electron chi connectivity index (χ4n) is 3.76. The quantitative estimate of drug-likeness (QED) is 0.590. The predicted octanol–water partition coefficient (Wildman–Crippen LogP) is 4.16. The number of hydrogen-bond donors (Lipinski definition) is 1. The van der Waals surface area contributed by atoms with Crippen LogP contribution in [0.4, 0.5) is 11.4 Å². The molecule has 172 valence electrons. The predicted molar refractivity (Wildman–Crippen MR) is 128 cm³/mol. The Morgan fingerprint density at radius 2 is 1.85 bits per heavy atom. The lowest BCUT2D eigenvalue weighted by Gasteiger charge is -2.35. The van der Waals surface area contributed by atoms with Crippen molar-refractivity contribution >= 4 is 27.3 Å². The highest BCUT2D eigenvalue weighted by atomic mass is 32.2.